The standard InChI is InChI=1S/C14H12N6O2/c15-12(21)9-4-6-10(7-5-9)17-13-18-14(22)20(19-13)11-3-1-2-8-16-11/h1-8H,(H2,15,21)(H2,17,18,19,22). The van der Waals surface area contributed by atoms with Crippen LogP contribution < -0.4 is 16.7 Å². The van der Waals surface area contributed by atoms with E-state index in [9.17, 15) is 9.59 Å². The number of carbonyl (C=O) groups is 1. The molecule has 1 aromatic carbocycles. The van der Waals surface area contributed by atoms with E-state index in [1.807, 2.05) is 0 Å². The van der Waals surface area contributed by atoms with Crippen molar-refractivity contribution in [1.29, 1.82) is 0 Å². The lowest BCUT2D eigenvalue weighted by atomic mass is 10.2. The predicted octanol–water partition coefficient (Wildman–Crippen LogP) is 0.798. The van der Waals surface area contributed by atoms with Gasteiger partial charge in [-0.3, -0.25) is 9.78 Å². The van der Waals surface area contributed by atoms with Crippen LogP contribution in [0.3, 0.4) is 0 Å². The van der Waals surface area contributed by atoms with E-state index in [0.29, 0.717) is 17.1 Å². The number of hydrogen-bond acceptors (Lipinski definition) is 5. The molecule has 0 saturated carbocycles. The summed E-state index contributed by atoms with van der Waals surface area (Å²) in [7, 11) is 0. The molecule has 2 heterocycles. The second-order valence-electron chi connectivity index (χ2n) is 4.45. The predicted molar refractivity (Wildman–Crippen MR) is 80.2 cm³/mol. The van der Waals surface area contributed by atoms with E-state index < -0.39 is 11.6 Å². The van der Waals surface area contributed by atoms with Crippen molar-refractivity contribution >= 4 is 17.5 Å². The van der Waals surface area contributed by atoms with Crippen LogP contribution in [0.15, 0.2) is 53.5 Å². The molecule has 0 fully saturated rings. The van der Waals surface area contributed by atoms with Crippen LogP contribution in [-0.4, -0.2) is 25.7 Å². The van der Waals surface area contributed by atoms with Gasteiger partial charge in [0.15, 0.2) is 5.82 Å². The highest BCUT2D eigenvalue weighted by atomic mass is 16.2. The van der Waals surface area contributed by atoms with Crippen molar-refractivity contribution in [1.82, 2.24) is 19.7 Å². The Kier molecular flexibility index (Phi) is 3.40. The zero-order valence-electron chi connectivity index (χ0n) is 11.4. The largest absolute Gasteiger partial charge is 0.366 e. The van der Waals surface area contributed by atoms with Crippen molar-refractivity contribution in [2.24, 2.45) is 5.73 Å². The normalized spacial score (nSPS) is 10.4. The van der Waals surface area contributed by atoms with Gasteiger partial charge in [0.25, 0.3) is 0 Å². The fourth-order valence-electron chi connectivity index (χ4n) is 1.87. The van der Waals surface area contributed by atoms with E-state index in [4.69, 9.17) is 5.73 Å². The molecule has 0 radical (unpaired) electrons. The number of benzene rings is 1. The van der Waals surface area contributed by atoms with Crippen LogP contribution in [-0.2, 0) is 0 Å². The molecule has 0 aliphatic rings. The Bertz CT molecular complexity index is 851. The summed E-state index contributed by atoms with van der Waals surface area (Å²) >= 11 is 0. The number of nitrogens with zero attached hydrogens (tertiary/aromatic N) is 3. The number of rotatable bonds is 4. The van der Waals surface area contributed by atoms with Crippen molar-refractivity contribution < 1.29 is 4.79 Å². The number of aromatic nitrogens is 4. The molecule has 0 atom stereocenters. The second-order valence-corrected chi connectivity index (χ2v) is 4.45. The Balaban J connectivity index is 1.85. The summed E-state index contributed by atoms with van der Waals surface area (Å²) in [4.78, 5) is 29.5. The first kappa shape index (κ1) is 13.6. The molecule has 0 spiro atoms. The van der Waals surface area contributed by atoms with E-state index in [1.54, 1.807) is 48.7 Å². The Morgan fingerprint density at radius 3 is 2.59 bits per heavy atom. The maximum atomic E-state index is 11.9. The van der Waals surface area contributed by atoms with E-state index in [-0.39, 0.29) is 5.95 Å². The number of amides is 1. The molecule has 3 aromatic rings. The molecular weight excluding hydrogens is 284 g/mol. The fraction of sp³-hybridized carbons (Fsp3) is 0. The van der Waals surface area contributed by atoms with E-state index in [0.717, 1.165) is 4.68 Å². The van der Waals surface area contributed by atoms with Crippen molar-refractivity contribution in [2.75, 3.05) is 5.32 Å². The number of H-pyrrole nitrogens is 1. The van der Waals surface area contributed by atoms with Gasteiger partial charge >= 0.3 is 5.69 Å². The SMILES string of the molecule is NC(=O)c1ccc(Nc2nn(-c3ccccn3)c(=O)[nH]2)cc1. The van der Waals surface area contributed by atoms with Gasteiger partial charge in [0, 0.05) is 17.4 Å². The first-order valence-corrected chi connectivity index (χ1v) is 6.41. The van der Waals surface area contributed by atoms with Crippen LogP contribution in [0.1, 0.15) is 10.4 Å². The average Bonchev–Trinajstić information content (AvgIpc) is 2.89. The summed E-state index contributed by atoms with van der Waals surface area (Å²) in [6.45, 7) is 0. The minimum Gasteiger partial charge on any atom is -0.366 e. The van der Waals surface area contributed by atoms with Crippen molar-refractivity contribution in [2.45, 2.75) is 0 Å². The Hall–Kier alpha value is -3.42. The monoisotopic (exact) mass is 296 g/mol. The van der Waals surface area contributed by atoms with E-state index in [2.05, 4.69) is 20.4 Å². The molecule has 1 amide bonds. The second kappa shape index (κ2) is 5.52. The van der Waals surface area contributed by atoms with Gasteiger partial charge < -0.3 is 11.1 Å². The quantitative estimate of drug-likeness (QED) is 0.658. The van der Waals surface area contributed by atoms with Gasteiger partial charge in [0.05, 0.1) is 0 Å². The van der Waals surface area contributed by atoms with Crippen molar-refractivity contribution in [3.63, 3.8) is 0 Å². The minimum atomic E-state index is -0.501. The molecule has 0 saturated heterocycles. The highest BCUT2D eigenvalue weighted by Gasteiger charge is 2.08. The third-order valence-electron chi connectivity index (χ3n) is 2.92. The van der Waals surface area contributed by atoms with Crippen molar-refractivity contribution in [3.05, 3.63) is 64.7 Å². The molecule has 4 N–H and O–H groups in total. The van der Waals surface area contributed by atoms with Gasteiger partial charge in [0.1, 0.15) is 0 Å². The molecule has 0 bridgehead atoms. The van der Waals surface area contributed by atoms with Crippen molar-refractivity contribution in [3.8, 4) is 5.82 Å². The fourth-order valence-corrected chi connectivity index (χ4v) is 1.87. The molecule has 0 aliphatic heterocycles. The molecule has 3 rings (SSSR count). The summed E-state index contributed by atoms with van der Waals surface area (Å²) < 4.78 is 1.15. The molecule has 0 aliphatic carbocycles. The molecule has 8 heteroatoms. The molecule has 8 nitrogen and oxygen atoms in total. The van der Waals surface area contributed by atoms with Crippen LogP contribution in [0.5, 0.6) is 0 Å². The minimum absolute atomic E-state index is 0.266. The zero-order chi connectivity index (χ0) is 15.5. The van der Waals surface area contributed by atoms with Gasteiger partial charge in [-0.05, 0) is 36.4 Å². The summed E-state index contributed by atoms with van der Waals surface area (Å²) in [6.07, 6.45) is 1.58. The van der Waals surface area contributed by atoms with Crippen LogP contribution in [0.4, 0.5) is 11.6 Å². The number of nitrogens with one attached hydrogen (secondary N) is 2. The third kappa shape index (κ3) is 2.70. The number of anilines is 2. The Labute approximate surface area is 124 Å². The number of hydrogen-bond donors (Lipinski definition) is 3. The first-order valence-electron chi connectivity index (χ1n) is 6.41. The summed E-state index contributed by atoms with van der Waals surface area (Å²) in [6, 6.07) is 11.7. The van der Waals surface area contributed by atoms with Crippen LogP contribution >= 0.6 is 0 Å². The van der Waals surface area contributed by atoms with Crippen LogP contribution in [0, 0.1) is 0 Å². The van der Waals surface area contributed by atoms with E-state index in [1.165, 1.54) is 0 Å². The lowest BCUT2D eigenvalue weighted by molar-refractivity contribution is 0.100. The zero-order valence-corrected chi connectivity index (χ0v) is 11.4. The van der Waals surface area contributed by atoms with Crippen LogP contribution in [0.2, 0.25) is 0 Å². The van der Waals surface area contributed by atoms with Gasteiger partial charge in [0.2, 0.25) is 11.9 Å². The smallest absolute Gasteiger partial charge is 0.350 e. The highest BCUT2D eigenvalue weighted by Crippen LogP contribution is 2.13. The van der Waals surface area contributed by atoms with Gasteiger partial charge in [-0.15, -0.1) is 5.10 Å². The van der Waals surface area contributed by atoms with Gasteiger partial charge in [-0.1, -0.05) is 6.07 Å². The summed E-state index contributed by atoms with van der Waals surface area (Å²) in [5, 5.41) is 7.05. The number of aromatic amines is 1. The van der Waals surface area contributed by atoms with Crippen LogP contribution in [0.25, 0.3) is 5.82 Å². The molecule has 2 aromatic heterocycles. The Morgan fingerprint density at radius 2 is 1.95 bits per heavy atom. The number of nitrogens with two attached hydrogens (primary N) is 1. The summed E-state index contributed by atoms with van der Waals surface area (Å²) in [5.41, 5.74) is 5.83. The van der Waals surface area contributed by atoms with Gasteiger partial charge in [-0.25, -0.2) is 9.78 Å². The molecular formula is C14H12N6O2. The number of carbonyl (C=O) groups excluding carboxylic acids is 1. The van der Waals surface area contributed by atoms with E-state index >= 15 is 0 Å². The number of pyridine rings is 1. The highest BCUT2D eigenvalue weighted by molar-refractivity contribution is 5.93. The van der Waals surface area contributed by atoms with Gasteiger partial charge in [-0.2, -0.15) is 4.68 Å². The summed E-state index contributed by atoms with van der Waals surface area (Å²) in [5.74, 6) is 0.183. The maximum absolute atomic E-state index is 11.9. The lowest BCUT2D eigenvalue weighted by Gasteiger charge is -2.02. The topological polar surface area (TPSA) is 119 Å². The Morgan fingerprint density at radius 1 is 1.18 bits per heavy atom. The lowest BCUT2D eigenvalue weighted by Crippen LogP contribution is -2.16. The number of primary amides is 1. The maximum Gasteiger partial charge on any atom is 0.350 e. The molecule has 110 valence electrons. The molecule has 0 unspecified atom stereocenters. The molecule has 22 heavy (non-hydrogen) atoms. The average molecular weight is 296 g/mol. The third-order valence-corrected chi connectivity index (χ3v) is 2.92. The first-order chi connectivity index (χ1) is 10.6.